The average molecular weight is 499 g/mol. The highest BCUT2D eigenvalue weighted by atomic mass is 32.2. The second kappa shape index (κ2) is 12.2. The van der Waals surface area contributed by atoms with Crippen LogP contribution in [0, 0.1) is 5.92 Å². The molecule has 4 N–H and O–H groups in total. The first-order chi connectivity index (χ1) is 15.8. The Morgan fingerprint density at radius 2 is 1.91 bits per heavy atom. The van der Waals surface area contributed by atoms with Crippen LogP contribution in [0.25, 0.3) is 0 Å². The molecule has 186 valence electrons. The van der Waals surface area contributed by atoms with Crippen LogP contribution in [0.1, 0.15) is 33.1 Å². The highest BCUT2D eigenvalue weighted by Crippen LogP contribution is 2.34. The minimum absolute atomic E-state index is 0.0845. The second-order valence-corrected chi connectivity index (χ2v) is 11.6. The molecule has 2 heterocycles. The number of aliphatic hydroxyl groups is 3. The number of nitrogens with one attached hydrogen (secondary N) is 1. The van der Waals surface area contributed by atoms with Gasteiger partial charge in [0.2, 0.25) is 5.91 Å². The van der Waals surface area contributed by atoms with Gasteiger partial charge in [-0.05, 0) is 44.2 Å². The third kappa shape index (κ3) is 6.45. The van der Waals surface area contributed by atoms with Crippen LogP contribution in [0.4, 0.5) is 0 Å². The molecule has 33 heavy (non-hydrogen) atoms. The van der Waals surface area contributed by atoms with Gasteiger partial charge in [-0.1, -0.05) is 38.5 Å². The largest absolute Gasteiger partial charge is 0.388 e. The van der Waals surface area contributed by atoms with Gasteiger partial charge in [0, 0.05) is 16.7 Å². The summed E-state index contributed by atoms with van der Waals surface area (Å²) in [5, 5.41) is 34.6. The van der Waals surface area contributed by atoms with Crippen molar-refractivity contribution in [2.45, 2.75) is 85.2 Å². The van der Waals surface area contributed by atoms with Crippen LogP contribution in [-0.2, 0) is 9.53 Å². The number of ether oxygens (including phenoxy) is 1. The molecule has 0 aliphatic carbocycles. The minimum Gasteiger partial charge on any atom is -0.388 e. The molecule has 0 aromatic heterocycles. The summed E-state index contributed by atoms with van der Waals surface area (Å²) >= 11 is 2.86. The van der Waals surface area contributed by atoms with Crippen molar-refractivity contribution in [3.8, 4) is 0 Å². The topological polar surface area (TPSA) is 102 Å². The quantitative estimate of drug-likeness (QED) is 0.383. The van der Waals surface area contributed by atoms with Crippen LogP contribution in [0.3, 0.4) is 0 Å². The van der Waals surface area contributed by atoms with Crippen molar-refractivity contribution in [3.63, 3.8) is 0 Å². The summed E-state index contributed by atoms with van der Waals surface area (Å²) in [6, 6.07) is 9.08. The van der Waals surface area contributed by atoms with Gasteiger partial charge in [0.15, 0.2) is 0 Å². The molecule has 2 aliphatic rings. The number of nitrogens with zero attached hydrogens (tertiary/aromatic N) is 1. The number of likely N-dealkylation sites (N-methyl/N-ethyl adjacent to an activating group) is 1. The Kier molecular flexibility index (Phi) is 9.94. The van der Waals surface area contributed by atoms with E-state index < -0.39 is 35.9 Å². The lowest BCUT2D eigenvalue weighted by atomic mass is 9.92. The number of thioether (sulfide) groups is 2. The predicted molar refractivity (Wildman–Crippen MR) is 133 cm³/mol. The van der Waals surface area contributed by atoms with E-state index in [9.17, 15) is 20.1 Å². The van der Waals surface area contributed by atoms with Crippen LogP contribution in [0.2, 0.25) is 0 Å². The summed E-state index contributed by atoms with van der Waals surface area (Å²) in [6.45, 7) is 5.05. The van der Waals surface area contributed by atoms with Crippen molar-refractivity contribution in [2.75, 3.05) is 19.8 Å². The SMILES string of the molecule is CCC[C@@H]1C[C@@H](C(=O)N[C@@H]([C@H]2O[C@H](SC)[C@H](O)[C@@H](O)[C@H]2O)[C@H](C)Sc2ccccc2)N(C)C1. The number of hydrogen-bond acceptors (Lipinski definition) is 8. The zero-order valence-electron chi connectivity index (χ0n) is 19.8. The van der Waals surface area contributed by atoms with Gasteiger partial charge in [-0.15, -0.1) is 23.5 Å². The fourth-order valence-corrected chi connectivity index (χ4v) is 6.70. The molecular formula is C24H38N2O5S2. The normalized spacial score (nSPS) is 34.7. The Hall–Kier alpha value is -0.810. The third-order valence-electron chi connectivity index (χ3n) is 6.71. The van der Waals surface area contributed by atoms with Gasteiger partial charge in [0.05, 0.1) is 12.1 Å². The Morgan fingerprint density at radius 1 is 1.21 bits per heavy atom. The molecule has 2 aliphatic heterocycles. The molecule has 1 aromatic rings. The lowest BCUT2D eigenvalue weighted by Gasteiger charge is -2.44. The first-order valence-electron chi connectivity index (χ1n) is 11.7. The van der Waals surface area contributed by atoms with Gasteiger partial charge in [0.25, 0.3) is 0 Å². The van der Waals surface area contributed by atoms with Gasteiger partial charge >= 0.3 is 0 Å². The Balaban J connectivity index is 1.81. The molecule has 1 aromatic carbocycles. The van der Waals surface area contributed by atoms with Crippen molar-refractivity contribution >= 4 is 29.4 Å². The highest BCUT2D eigenvalue weighted by Gasteiger charge is 2.48. The molecule has 9 atom stereocenters. The predicted octanol–water partition coefficient (Wildman–Crippen LogP) is 1.94. The van der Waals surface area contributed by atoms with E-state index in [4.69, 9.17) is 4.74 Å². The van der Waals surface area contributed by atoms with Crippen LogP contribution in [0.15, 0.2) is 35.2 Å². The Morgan fingerprint density at radius 3 is 2.55 bits per heavy atom. The molecule has 1 amide bonds. The Bertz CT molecular complexity index is 756. The zero-order valence-corrected chi connectivity index (χ0v) is 21.5. The number of hydrogen-bond donors (Lipinski definition) is 4. The number of benzene rings is 1. The molecule has 0 saturated carbocycles. The minimum atomic E-state index is -1.35. The summed E-state index contributed by atoms with van der Waals surface area (Å²) in [6.07, 6.45) is 0.0718. The average Bonchev–Trinajstić information content (AvgIpc) is 3.17. The van der Waals surface area contributed by atoms with Crippen LogP contribution >= 0.6 is 23.5 Å². The maximum atomic E-state index is 13.4. The van der Waals surface area contributed by atoms with Crippen LogP contribution < -0.4 is 5.32 Å². The molecule has 0 spiro atoms. The van der Waals surface area contributed by atoms with Crippen molar-refractivity contribution in [2.24, 2.45) is 5.92 Å². The lowest BCUT2D eigenvalue weighted by Crippen LogP contribution is -2.65. The summed E-state index contributed by atoms with van der Waals surface area (Å²) in [4.78, 5) is 16.5. The van der Waals surface area contributed by atoms with Crippen molar-refractivity contribution in [1.29, 1.82) is 0 Å². The smallest absolute Gasteiger partial charge is 0.237 e. The van der Waals surface area contributed by atoms with Crippen molar-refractivity contribution < 1.29 is 24.9 Å². The number of aliphatic hydroxyl groups excluding tert-OH is 3. The van der Waals surface area contributed by atoms with E-state index in [-0.39, 0.29) is 17.2 Å². The van der Waals surface area contributed by atoms with Gasteiger partial charge in [0.1, 0.15) is 29.9 Å². The summed E-state index contributed by atoms with van der Waals surface area (Å²) in [5.41, 5.74) is -0.690. The highest BCUT2D eigenvalue weighted by molar-refractivity contribution is 8.00. The molecule has 0 unspecified atom stereocenters. The number of likely N-dealkylation sites (tertiary alicyclic amines) is 1. The molecular weight excluding hydrogens is 460 g/mol. The molecule has 2 saturated heterocycles. The molecule has 0 bridgehead atoms. The monoisotopic (exact) mass is 498 g/mol. The number of carbonyl (C=O) groups excluding carboxylic acids is 1. The second-order valence-electron chi connectivity index (χ2n) is 9.19. The van der Waals surface area contributed by atoms with E-state index >= 15 is 0 Å². The molecule has 9 heteroatoms. The van der Waals surface area contributed by atoms with E-state index in [2.05, 4.69) is 17.1 Å². The number of amides is 1. The van der Waals surface area contributed by atoms with Gasteiger partial charge in [-0.25, -0.2) is 0 Å². The van der Waals surface area contributed by atoms with E-state index in [1.165, 1.54) is 11.8 Å². The Labute approximate surface area is 205 Å². The fraction of sp³-hybridized carbons (Fsp3) is 0.708. The van der Waals surface area contributed by atoms with Gasteiger partial charge in [-0.2, -0.15) is 0 Å². The van der Waals surface area contributed by atoms with Gasteiger partial charge < -0.3 is 25.4 Å². The summed E-state index contributed by atoms with van der Waals surface area (Å²) in [5.74, 6) is 0.415. The van der Waals surface area contributed by atoms with Gasteiger partial charge in [-0.3, -0.25) is 9.69 Å². The van der Waals surface area contributed by atoms with E-state index in [0.717, 1.165) is 30.7 Å². The van der Waals surface area contributed by atoms with Crippen LogP contribution in [-0.4, -0.2) is 93.2 Å². The maximum absolute atomic E-state index is 13.4. The lowest BCUT2D eigenvalue weighted by molar-refractivity contribution is -0.205. The third-order valence-corrected chi connectivity index (χ3v) is 8.77. The number of carbonyl (C=O) groups is 1. The first kappa shape index (κ1) is 26.8. The van der Waals surface area contributed by atoms with E-state index in [0.29, 0.717) is 5.92 Å². The molecule has 7 nitrogen and oxygen atoms in total. The van der Waals surface area contributed by atoms with E-state index in [1.54, 1.807) is 18.0 Å². The first-order valence-corrected chi connectivity index (χ1v) is 13.9. The van der Waals surface area contributed by atoms with Crippen LogP contribution in [0.5, 0.6) is 0 Å². The molecule has 0 radical (unpaired) electrons. The summed E-state index contributed by atoms with van der Waals surface area (Å²) in [7, 11) is 1.98. The fourth-order valence-electron chi connectivity index (χ4n) is 4.91. The summed E-state index contributed by atoms with van der Waals surface area (Å²) < 4.78 is 6.06. The van der Waals surface area contributed by atoms with Crippen molar-refractivity contribution in [3.05, 3.63) is 30.3 Å². The zero-order chi connectivity index (χ0) is 24.1. The molecule has 3 rings (SSSR count). The van der Waals surface area contributed by atoms with Crippen molar-refractivity contribution in [1.82, 2.24) is 10.2 Å². The molecule has 2 fully saturated rings. The standard InChI is InChI=1S/C24H38N2O5S2/c1-5-9-15-12-17(26(3)13-15)23(30)25-18(14(2)33-16-10-7-6-8-11-16)22-20(28)19(27)21(29)24(31-22)32-4/h6-8,10-11,14-15,17-22,24,27-29H,5,9,12-13H2,1-4H3,(H,25,30)/t14-,15+,17-,18+,19-,20+,21+,22+,24+/m0/s1. The number of rotatable bonds is 9. The maximum Gasteiger partial charge on any atom is 0.237 e. The van der Waals surface area contributed by atoms with E-state index in [1.807, 2.05) is 44.3 Å².